The molecule has 8 heteroatoms. The monoisotopic (exact) mass is 288 g/mol. The molecule has 106 valence electrons. The smallest absolute Gasteiger partial charge is 0.288 e. The van der Waals surface area contributed by atoms with Crippen LogP contribution < -0.4 is 5.56 Å². The van der Waals surface area contributed by atoms with Crippen molar-refractivity contribution in [3.8, 4) is 0 Å². The van der Waals surface area contributed by atoms with Crippen molar-refractivity contribution in [1.29, 1.82) is 0 Å². The summed E-state index contributed by atoms with van der Waals surface area (Å²) in [7, 11) is -3.22. The Morgan fingerprint density at radius 1 is 1.37 bits per heavy atom. The Kier molecular flexibility index (Phi) is 4.82. The molecule has 0 aromatic carbocycles. The summed E-state index contributed by atoms with van der Waals surface area (Å²) in [4.78, 5) is 21.8. The number of aromatic nitrogens is 1. The standard InChI is InChI=1S/C11H16N2O5S/c1-3-5-19(17,18)6-4-12-8-10(13(15)16)9(2)7-11(12)14/h7-8H,3-6H2,1-2H3. The lowest BCUT2D eigenvalue weighted by Gasteiger charge is -2.07. The van der Waals surface area contributed by atoms with Gasteiger partial charge in [-0.25, -0.2) is 8.42 Å². The van der Waals surface area contributed by atoms with Crippen LogP contribution in [0.1, 0.15) is 18.9 Å². The van der Waals surface area contributed by atoms with Gasteiger partial charge in [0, 0.05) is 23.9 Å². The van der Waals surface area contributed by atoms with E-state index in [1.54, 1.807) is 6.92 Å². The highest BCUT2D eigenvalue weighted by Crippen LogP contribution is 2.14. The predicted octanol–water partition coefficient (Wildman–Crippen LogP) is 0.890. The highest BCUT2D eigenvalue weighted by molar-refractivity contribution is 7.91. The van der Waals surface area contributed by atoms with Crippen LogP contribution in [-0.2, 0) is 16.4 Å². The van der Waals surface area contributed by atoms with Gasteiger partial charge in [0.05, 0.1) is 16.9 Å². The van der Waals surface area contributed by atoms with Crippen molar-refractivity contribution in [3.63, 3.8) is 0 Å². The predicted molar refractivity (Wildman–Crippen MR) is 71.0 cm³/mol. The quantitative estimate of drug-likeness (QED) is 0.571. The highest BCUT2D eigenvalue weighted by Gasteiger charge is 2.15. The molecule has 0 aliphatic carbocycles. The van der Waals surface area contributed by atoms with Gasteiger partial charge in [0.2, 0.25) is 0 Å². The Morgan fingerprint density at radius 2 is 2.00 bits per heavy atom. The molecule has 0 N–H and O–H groups in total. The third-order valence-corrected chi connectivity index (χ3v) is 4.50. The van der Waals surface area contributed by atoms with Gasteiger partial charge in [0.1, 0.15) is 0 Å². The van der Waals surface area contributed by atoms with E-state index in [-0.39, 0.29) is 29.3 Å². The summed E-state index contributed by atoms with van der Waals surface area (Å²) in [6.45, 7) is 3.15. The van der Waals surface area contributed by atoms with Crippen molar-refractivity contribution in [2.75, 3.05) is 11.5 Å². The van der Waals surface area contributed by atoms with Gasteiger partial charge < -0.3 is 4.57 Å². The topological polar surface area (TPSA) is 99.3 Å². The molecule has 1 rings (SSSR count). The van der Waals surface area contributed by atoms with E-state index in [4.69, 9.17) is 0 Å². The lowest BCUT2D eigenvalue weighted by molar-refractivity contribution is -0.385. The van der Waals surface area contributed by atoms with Crippen molar-refractivity contribution in [1.82, 2.24) is 4.57 Å². The minimum Gasteiger partial charge on any atom is -0.308 e. The van der Waals surface area contributed by atoms with Crippen LogP contribution in [-0.4, -0.2) is 29.4 Å². The Bertz CT molecular complexity index is 633. The van der Waals surface area contributed by atoms with E-state index in [2.05, 4.69) is 0 Å². The maximum Gasteiger partial charge on any atom is 0.288 e. The number of pyridine rings is 1. The first-order chi connectivity index (χ1) is 8.76. The molecule has 0 radical (unpaired) electrons. The normalized spacial score (nSPS) is 11.5. The van der Waals surface area contributed by atoms with Crippen molar-refractivity contribution in [2.24, 2.45) is 0 Å². The fourth-order valence-corrected chi connectivity index (χ4v) is 2.97. The van der Waals surface area contributed by atoms with E-state index in [0.717, 1.165) is 16.8 Å². The second-order valence-electron chi connectivity index (χ2n) is 4.28. The van der Waals surface area contributed by atoms with Gasteiger partial charge in [-0.05, 0) is 13.3 Å². The molecule has 1 heterocycles. The van der Waals surface area contributed by atoms with Gasteiger partial charge in [-0.3, -0.25) is 14.9 Å². The molecule has 0 atom stereocenters. The number of hydrogen-bond acceptors (Lipinski definition) is 5. The van der Waals surface area contributed by atoms with Crippen molar-refractivity contribution in [3.05, 3.63) is 38.3 Å². The molecule has 7 nitrogen and oxygen atoms in total. The first kappa shape index (κ1) is 15.4. The third-order valence-electron chi connectivity index (χ3n) is 2.66. The average molecular weight is 288 g/mol. The molecule has 1 aromatic rings. The Balaban J connectivity index is 3.00. The first-order valence-corrected chi connectivity index (χ1v) is 7.65. The van der Waals surface area contributed by atoms with Gasteiger partial charge in [-0.1, -0.05) is 6.92 Å². The third kappa shape index (κ3) is 4.16. The maximum absolute atomic E-state index is 11.6. The van der Waals surface area contributed by atoms with Gasteiger partial charge in [-0.2, -0.15) is 0 Å². The summed E-state index contributed by atoms with van der Waals surface area (Å²) >= 11 is 0. The van der Waals surface area contributed by atoms with Crippen LogP contribution in [0.3, 0.4) is 0 Å². The minimum atomic E-state index is -3.22. The van der Waals surface area contributed by atoms with E-state index < -0.39 is 20.3 Å². The van der Waals surface area contributed by atoms with Crippen LogP contribution in [0.15, 0.2) is 17.1 Å². The van der Waals surface area contributed by atoms with Crippen molar-refractivity contribution < 1.29 is 13.3 Å². The number of sulfone groups is 1. The minimum absolute atomic E-state index is 0.0513. The molecule has 0 aliphatic rings. The fraction of sp³-hybridized carbons (Fsp3) is 0.545. The van der Waals surface area contributed by atoms with Crippen molar-refractivity contribution in [2.45, 2.75) is 26.8 Å². The summed E-state index contributed by atoms with van der Waals surface area (Å²) in [6, 6.07) is 1.14. The second-order valence-corrected chi connectivity index (χ2v) is 6.59. The molecule has 0 bridgehead atoms. The lowest BCUT2D eigenvalue weighted by atomic mass is 10.2. The summed E-state index contributed by atoms with van der Waals surface area (Å²) < 4.78 is 24.2. The van der Waals surface area contributed by atoms with Gasteiger partial charge >= 0.3 is 0 Å². The molecule has 0 amide bonds. The van der Waals surface area contributed by atoms with E-state index in [1.165, 1.54) is 6.92 Å². The number of nitro groups is 1. The Morgan fingerprint density at radius 3 is 2.53 bits per heavy atom. The highest BCUT2D eigenvalue weighted by atomic mass is 32.2. The zero-order chi connectivity index (χ0) is 14.6. The second kappa shape index (κ2) is 5.96. The molecule has 19 heavy (non-hydrogen) atoms. The largest absolute Gasteiger partial charge is 0.308 e. The summed E-state index contributed by atoms with van der Waals surface area (Å²) in [5, 5.41) is 10.8. The van der Waals surface area contributed by atoms with Crippen LogP contribution in [0.2, 0.25) is 0 Å². The first-order valence-electron chi connectivity index (χ1n) is 5.82. The maximum atomic E-state index is 11.6. The Hall–Kier alpha value is -1.70. The summed E-state index contributed by atoms with van der Waals surface area (Å²) in [5.41, 5.74) is -0.357. The molecule has 0 aliphatic heterocycles. The molecular formula is C11H16N2O5S. The van der Waals surface area contributed by atoms with Crippen LogP contribution in [0, 0.1) is 17.0 Å². The van der Waals surface area contributed by atoms with Crippen LogP contribution >= 0.6 is 0 Å². The van der Waals surface area contributed by atoms with E-state index >= 15 is 0 Å². The molecule has 0 saturated heterocycles. The summed E-state index contributed by atoms with van der Waals surface area (Å²) in [6.07, 6.45) is 1.60. The van der Waals surface area contributed by atoms with E-state index in [1.807, 2.05) is 0 Å². The molecule has 0 fully saturated rings. The number of aryl methyl sites for hydroxylation is 2. The van der Waals surface area contributed by atoms with Crippen LogP contribution in [0.5, 0.6) is 0 Å². The van der Waals surface area contributed by atoms with Crippen LogP contribution in [0.25, 0.3) is 0 Å². The molecule has 0 unspecified atom stereocenters. The molecule has 0 saturated carbocycles. The van der Waals surface area contributed by atoms with E-state index in [0.29, 0.717) is 6.42 Å². The van der Waals surface area contributed by atoms with Crippen molar-refractivity contribution >= 4 is 15.5 Å². The Labute approximate surface area is 110 Å². The number of rotatable bonds is 6. The zero-order valence-corrected chi connectivity index (χ0v) is 11.6. The number of nitrogens with zero attached hydrogens (tertiary/aromatic N) is 2. The fourth-order valence-electron chi connectivity index (χ4n) is 1.67. The lowest BCUT2D eigenvalue weighted by Crippen LogP contribution is -2.25. The molecular weight excluding hydrogens is 272 g/mol. The molecule has 1 aromatic heterocycles. The zero-order valence-electron chi connectivity index (χ0n) is 10.8. The van der Waals surface area contributed by atoms with Gasteiger partial charge in [0.25, 0.3) is 11.2 Å². The summed E-state index contributed by atoms with van der Waals surface area (Å²) in [5.74, 6) is -0.142. The van der Waals surface area contributed by atoms with E-state index in [9.17, 15) is 23.3 Å². The van der Waals surface area contributed by atoms with Gasteiger partial charge in [0.15, 0.2) is 9.84 Å². The SMILES string of the molecule is CCCS(=O)(=O)CCn1cc([N+](=O)[O-])c(C)cc1=O. The molecule has 0 spiro atoms. The number of hydrogen-bond donors (Lipinski definition) is 0. The van der Waals surface area contributed by atoms with Crippen LogP contribution in [0.4, 0.5) is 5.69 Å². The van der Waals surface area contributed by atoms with Gasteiger partial charge in [-0.15, -0.1) is 0 Å². The average Bonchev–Trinajstić information content (AvgIpc) is 2.27.